The molecule has 1 aromatic rings. The van der Waals surface area contributed by atoms with Crippen LogP contribution in [0.3, 0.4) is 0 Å². The van der Waals surface area contributed by atoms with Gasteiger partial charge in [-0.3, -0.25) is 4.79 Å². The Hall–Kier alpha value is -1.39. The number of nitrogens with zero attached hydrogens (tertiary/aromatic N) is 1. The number of carbonyl (C=O) groups is 1. The molecule has 1 aliphatic heterocycles. The average Bonchev–Trinajstić information content (AvgIpc) is 2.33. The summed E-state index contributed by atoms with van der Waals surface area (Å²) in [5.74, 6) is -0.0610. The van der Waals surface area contributed by atoms with Crippen LogP contribution in [0.5, 0.6) is 0 Å². The quantitative estimate of drug-likeness (QED) is 0.804. The lowest BCUT2D eigenvalue weighted by molar-refractivity contribution is -0.151. The summed E-state index contributed by atoms with van der Waals surface area (Å²) in [5, 5.41) is 9.18. The number of rotatable bonds is 3. The van der Waals surface area contributed by atoms with Gasteiger partial charge in [0.05, 0.1) is 19.3 Å². The first-order valence-electron chi connectivity index (χ1n) is 5.33. The fourth-order valence-electron chi connectivity index (χ4n) is 1.81. The summed E-state index contributed by atoms with van der Waals surface area (Å²) in [7, 11) is 0. The molecule has 0 radical (unpaired) electrons. The van der Waals surface area contributed by atoms with Crippen LogP contribution in [0.2, 0.25) is 0 Å². The van der Waals surface area contributed by atoms with Crippen molar-refractivity contribution < 1.29 is 14.6 Å². The lowest BCUT2D eigenvalue weighted by atomic mass is 10.1. The van der Waals surface area contributed by atoms with Gasteiger partial charge < -0.3 is 14.7 Å². The molecule has 4 heteroatoms. The summed E-state index contributed by atoms with van der Waals surface area (Å²) < 4.78 is 5.10. The van der Waals surface area contributed by atoms with E-state index in [2.05, 4.69) is 0 Å². The average molecular weight is 221 g/mol. The first-order valence-corrected chi connectivity index (χ1v) is 5.33. The van der Waals surface area contributed by atoms with E-state index in [1.807, 2.05) is 30.3 Å². The molecule has 1 aromatic carbocycles. The highest BCUT2D eigenvalue weighted by molar-refractivity contribution is 5.78. The van der Waals surface area contributed by atoms with Crippen molar-refractivity contribution in [2.75, 3.05) is 19.8 Å². The van der Waals surface area contributed by atoms with E-state index in [9.17, 15) is 9.90 Å². The van der Waals surface area contributed by atoms with Gasteiger partial charge in [0.25, 0.3) is 0 Å². The number of aliphatic hydroxyl groups excluding tert-OH is 1. The Morgan fingerprint density at radius 3 is 2.81 bits per heavy atom. The van der Waals surface area contributed by atoms with Gasteiger partial charge in [-0.05, 0) is 5.56 Å². The SMILES string of the molecule is O=C1COC[C@H](CO)N1Cc1ccccc1. The Kier molecular flexibility index (Phi) is 3.54. The second-order valence-corrected chi connectivity index (χ2v) is 3.86. The maximum atomic E-state index is 11.7. The molecule has 0 saturated carbocycles. The minimum absolute atomic E-state index is 0.0570. The lowest BCUT2D eigenvalue weighted by Crippen LogP contribution is -2.50. The predicted octanol–water partition coefficient (Wildman–Crippen LogP) is 0.406. The second kappa shape index (κ2) is 5.09. The van der Waals surface area contributed by atoms with Crippen molar-refractivity contribution >= 4 is 5.91 Å². The Morgan fingerprint density at radius 2 is 2.12 bits per heavy atom. The molecule has 1 saturated heterocycles. The van der Waals surface area contributed by atoms with Gasteiger partial charge in [-0.15, -0.1) is 0 Å². The number of morpholine rings is 1. The third kappa shape index (κ3) is 2.40. The van der Waals surface area contributed by atoms with Gasteiger partial charge in [-0.2, -0.15) is 0 Å². The molecule has 0 unspecified atom stereocenters. The molecule has 86 valence electrons. The molecule has 0 spiro atoms. The van der Waals surface area contributed by atoms with E-state index >= 15 is 0 Å². The zero-order valence-electron chi connectivity index (χ0n) is 9.00. The summed E-state index contributed by atoms with van der Waals surface area (Å²) in [6, 6.07) is 9.53. The maximum Gasteiger partial charge on any atom is 0.249 e. The van der Waals surface area contributed by atoms with E-state index in [1.165, 1.54) is 0 Å². The molecule has 2 rings (SSSR count). The number of aliphatic hydroxyl groups is 1. The monoisotopic (exact) mass is 221 g/mol. The Morgan fingerprint density at radius 1 is 1.38 bits per heavy atom. The van der Waals surface area contributed by atoms with Gasteiger partial charge in [0, 0.05) is 6.54 Å². The molecule has 1 atom stereocenters. The normalized spacial score (nSPS) is 21.2. The number of amides is 1. The number of ether oxygens (including phenoxy) is 1. The van der Waals surface area contributed by atoms with Crippen LogP contribution >= 0.6 is 0 Å². The highest BCUT2D eigenvalue weighted by atomic mass is 16.5. The molecule has 1 amide bonds. The van der Waals surface area contributed by atoms with E-state index in [0.717, 1.165) is 5.56 Å². The van der Waals surface area contributed by atoms with Crippen molar-refractivity contribution in [2.45, 2.75) is 12.6 Å². The van der Waals surface area contributed by atoms with Crippen LogP contribution in [0.15, 0.2) is 30.3 Å². The van der Waals surface area contributed by atoms with E-state index < -0.39 is 0 Å². The predicted molar refractivity (Wildman–Crippen MR) is 58.7 cm³/mol. The lowest BCUT2D eigenvalue weighted by Gasteiger charge is -2.34. The van der Waals surface area contributed by atoms with E-state index in [0.29, 0.717) is 13.2 Å². The molecule has 0 aliphatic carbocycles. The first-order chi connectivity index (χ1) is 7.81. The molecule has 1 N–H and O–H groups in total. The van der Waals surface area contributed by atoms with E-state index in [1.54, 1.807) is 4.90 Å². The van der Waals surface area contributed by atoms with Crippen LogP contribution in [0.25, 0.3) is 0 Å². The van der Waals surface area contributed by atoms with Crippen molar-refractivity contribution in [1.82, 2.24) is 4.90 Å². The summed E-state index contributed by atoms with van der Waals surface area (Å²) in [5.41, 5.74) is 1.07. The van der Waals surface area contributed by atoms with Gasteiger partial charge in [-0.25, -0.2) is 0 Å². The number of hydrogen-bond acceptors (Lipinski definition) is 3. The smallest absolute Gasteiger partial charge is 0.249 e. The van der Waals surface area contributed by atoms with Crippen LogP contribution in [0, 0.1) is 0 Å². The van der Waals surface area contributed by atoms with Crippen LogP contribution in [-0.2, 0) is 16.1 Å². The van der Waals surface area contributed by atoms with Gasteiger partial charge >= 0.3 is 0 Å². The van der Waals surface area contributed by atoms with Crippen LogP contribution in [0.4, 0.5) is 0 Å². The van der Waals surface area contributed by atoms with E-state index in [-0.39, 0.29) is 25.2 Å². The minimum atomic E-state index is -0.221. The van der Waals surface area contributed by atoms with Crippen molar-refractivity contribution in [2.24, 2.45) is 0 Å². The summed E-state index contributed by atoms with van der Waals surface area (Å²) >= 11 is 0. The molecular weight excluding hydrogens is 206 g/mol. The molecule has 0 aromatic heterocycles. The van der Waals surface area contributed by atoms with Crippen molar-refractivity contribution in [3.05, 3.63) is 35.9 Å². The molecule has 1 heterocycles. The zero-order valence-corrected chi connectivity index (χ0v) is 9.00. The molecule has 4 nitrogen and oxygen atoms in total. The zero-order chi connectivity index (χ0) is 11.4. The Labute approximate surface area is 94.4 Å². The summed E-state index contributed by atoms with van der Waals surface area (Å²) in [4.78, 5) is 13.3. The second-order valence-electron chi connectivity index (χ2n) is 3.86. The maximum absolute atomic E-state index is 11.7. The fraction of sp³-hybridized carbons (Fsp3) is 0.417. The highest BCUT2D eigenvalue weighted by Gasteiger charge is 2.27. The van der Waals surface area contributed by atoms with E-state index in [4.69, 9.17) is 4.74 Å². The van der Waals surface area contributed by atoms with Gasteiger partial charge in [0.1, 0.15) is 6.61 Å². The van der Waals surface area contributed by atoms with Crippen LogP contribution < -0.4 is 0 Å². The molecular formula is C12H15NO3. The third-order valence-electron chi connectivity index (χ3n) is 2.70. The molecule has 1 aliphatic rings. The van der Waals surface area contributed by atoms with Crippen molar-refractivity contribution in [3.63, 3.8) is 0 Å². The summed E-state index contributed by atoms with van der Waals surface area (Å²) in [6.07, 6.45) is 0. The molecule has 0 bridgehead atoms. The Balaban J connectivity index is 2.08. The Bertz CT molecular complexity index is 353. The topological polar surface area (TPSA) is 49.8 Å². The van der Waals surface area contributed by atoms with Crippen molar-refractivity contribution in [3.8, 4) is 0 Å². The number of hydrogen-bond donors (Lipinski definition) is 1. The number of carbonyl (C=O) groups excluding carboxylic acids is 1. The highest BCUT2D eigenvalue weighted by Crippen LogP contribution is 2.12. The van der Waals surface area contributed by atoms with Gasteiger partial charge in [0.2, 0.25) is 5.91 Å². The summed E-state index contributed by atoms with van der Waals surface area (Å²) in [6.45, 7) is 1.01. The van der Waals surface area contributed by atoms with Crippen LogP contribution in [0.1, 0.15) is 5.56 Å². The van der Waals surface area contributed by atoms with Gasteiger partial charge in [-0.1, -0.05) is 30.3 Å². The first kappa shape index (κ1) is 11.1. The van der Waals surface area contributed by atoms with Crippen molar-refractivity contribution in [1.29, 1.82) is 0 Å². The fourth-order valence-corrected chi connectivity index (χ4v) is 1.81. The number of benzene rings is 1. The standard InChI is InChI=1S/C12H15NO3/c14-7-11-8-16-9-12(15)13(11)6-10-4-2-1-3-5-10/h1-5,11,14H,6-9H2/t11-/m0/s1. The third-order valence-corrected chi connectivity index (χ3v) is 2.70. The molecule has 16 heavy (non-hydrogen) atoms. The largest absolute Gasteiger partial charge is 0.394 e. The van der Waals surface area contributed by atoms with Crippen LogP contribution in [-0.4, -0.2) is 41.8 Å². The minimum Gasteiger partial charge on any atom is -0.394 e. The van der Waals surface area contributed by atoms with Gasteiger partial charge in [0.15, 0.2) is 0 Å². The molecule has 1 fully saturated rings.